The lowest BCUT2D eigenvalue weighted by molar-refractivity contribution is -0.116. The lowest BCUT2D eigenvalue weighted by Gasteiger charge is -2.24. The molecule has 1 amide bonds. The summed E-state index contributed by atoms with van der Waals surface area (Å²) in [4.78, 5) is 12.0. The molecule has 0 aromatic carbocycles. The van der Waals surface area contributed by atoms with Gasteiger partial charge in [-0.1, -0.05) is 32.4 Å². The third-order valence-electron chi connectivity index (χ3n) is 2.91. The van der Waals surface area contributed by atoms with Gasteiger partial charge in [-0.05, 0) is 18.3 Å². The smallest absolute Gasteiger partial charge is 0.209 e. The van der Waals surface area contributed by atoms with Crippen molar-refractivity contribution in [1.29, 1.82) is 0 Å². The summed E-state index contributed by atoms with van der Waals surface area (Å²) in [6.45, 7) is 5.08. The number of carbonyl (C=O) groups excluding carboxylic acids is 1. The normalized spacial score (nSPS) is 15.4. The van der Waals surface area contributed by atoms with Gasteiger partial charge in [0.2, 0.25) is 6.41 Å². The maximum absolute atomic E-state index is 10.4. The van der Waals surface area contributed by atoms with Crippen molar-refractivity contribution >= 4 is 31.7 Å². The highest BCUT2D eigenvalue weighted by Gasteiger charge is 2.19. The average molecular weight is 261 g/mol. The van der Waals surface area contributed by atoms with Gasteiger partial charge in [0.25, 0.3) is 0 Å². The molecule has 0 aromatic rings. The number of rotatable bonds is 8. The van der Waals surface area contributed by atoms with E-state index in [1.165, 1.54) is 0 Å². The molecule has 0 fully saturated rings. The zero-order chi connectivity index (χ0) is 12.6. The van der Waals surface area contributed by atoms with E-state index in [9.17, 15) is 4.79 Å². The minimum absolute atomic E-state index is 0.114. The van der Waals surface area contributed by atoms with Crippen molar-refractivity contribution < 1.29 is 4.79 Å². The van der Waals surface area contributed by atoms with E-state index < -0.39 is 0 Å². The highest BCUT2D eigenvalue weighted by Crippen LogP contribution is 2.28. The Morgan fingerprint density at radius 3 is 2.38 bits per heavy atom. The van der Waals surface area contributed by atoms with Gasteiger partial charge in [0.05, 0.1) is 0 Å². The Morgan fingerprint density at radius 2 is 1.94 bits per heavy atom. The van der Waals surface area contributed by atoms with Crippen molar-refractivity contribution in [2.45, 2.75) is 31.3 Å². The quantitative estimate of drug-likeness (QED) is 0.298. The maximum atomic E-state index is 10.4. The van der Waals surface area contributed by atoms with E-state index in [2.05, 4.69) is 45.2 Å². The maximum Gasteiger partial charge on any atom is 0.209 e. The number of carbonyl (C=O) groups is 1. The van der Waals surface area contributed by atoms with Crippen molar-refractivity contribution in [3.63, 3.8) is 0 Å². The van der Waals surface area contributed by atoms with E-state index in [1.54, 1.807) is 11.9 Å². The number of likely N-dealkylation sites (N-methyl/N-ethyl adjacent to an activating group) is 1. The lowest BCUT2D eigenvalue weighted by atomic mass is 9.90. The summed E-state index contributed by atoms with van der Waals surface area (Å²) in [6, 6.07) is 0. The predicted molar refractivity (Wildman–Crippen MR) is 77.2 cm³/mol. The SMILES string of the molecule is CCC(C)C(CC=CCN(C)C=O)C(S)S. The van der Waals surface area contributed by atoms with E-state index in [-0.39, 0.29) is 4.58 Å². The fraction of sp³-hybridized carbons (Fsp3) is 0.750. The molecule has 0 aromatic heterocycles. The van der Waals surface area contributed by atoms with Gasteiger partial charge in [-0.15, -0.1) is 0 Å². The third kappa shape index (κ3) is 6.48. The zero-order valence-electron chi connectivity index (χ0n) is 10.3. The molecule has 94 valence electrons. The second kappa shape index (κ2) is 8.99. The molecule has 0 aliphatic carbocycles. The van der Waals surface area contributed by atoms with Gasteiger partial charge in [-0.2, -0.15) is 25.3 Å². The van der Waals surface area contributed by atoms with Crippen LogP contribution in [0.2, 0.25) is 0 Å². The van der Waals surface area contributed by atoms with Crippen LogP contribution in [0, 0.1) is 11.8 Å². The molecule has 0 N–H and O–H groups in total. The van der Waals surface area contributed by atoms with Gasteiger partial charge in [-0.3, -0.25) is 4.79 Å². The number of hydrogen-bond donors (Lipinski definition) is 2. The second-order valence-electron chi connectivity index (χ2n) is 4.22. The van der Waals surface area contributed by atoms with Crippen molar-refractivity contribution in [3.8, 4) is 0 Å². The summed E-state index contributed by atoms with van der Waals surface area (Å²) < 4.78 is 0.114. The first kappa shape index (κ1) is 15.9. The van der Waals surface area contributed by atoms with E-state index in [1.807, 2.05) is 6.08 Å². The fourth-order valence-electron chi connectivity index (χ4n) is 1.49. The summed E-state index contributed by atoms with van der Waals surface area (Å²) in [5, 5.41) is 0. The molecule has 2 atom stereocenters. The van der Waals surface area contributed by atoms with Crippen LogP contribution in [0.3, 0.4) is 0 Å². The van der Waals surface area contributed by atoms with Crippen LogP contribution in [0.5, 0.6) is 0 Å². The van der Waals surface area contributed by atoms with Crippen molar-refractivity contribution in [3.05, 3.63) is 12.2 Å². The number of thiol groups is 2. The summed E-state index contributed by atoms with van der Waals surface area (Å²) in [6.07, 6.45) is 7.09. The molecule has 0 saturated heterocycles. The molecular formula is C12H23NOS2. The second-order valence-corrected chi connectivity index (χ2v) is 5.74. The van der Waals surface area contributed by atoms with Crippen LogP contribution < -0.4 is 0 Å². The highest BCUT2D eigenvalue weighted by atomic mass is 32.2. The fourth-order valence-corrected chi connectivity index (χ4v) is 2.32. The van der Waals surface area contributed by atoms with Crippen LogP contribution in [0.15, 0.2) is 12.2 Å². The predicted octanol–water partition coefficient (Wildman–Crippen LogP) is 2.87. The number of nitrogens with zero attached hydrogens (tertiary/aromatic N) is 1. The molecule has 0 aliphatic rings. The largest absolute Gasteiger partial charge is 0.345 e. The molecule has 16 heavy (non-hydrogen) atoms. The Balaban J connectivity index is 4.06. The number of amides is 1. The van der Waals surface area contributed by atoms with E-state index in [0.717, 1.165) is 19.3 Å². The minimum atomic E-state index is 0.114. The molecule has 0 aliphatic heterocycles. The van der Waals surface area contributed by atoms with Gasteiger partial charge >= 0.3 is 0 Å². The average Bonchev–Trinajstić information content (AvgIpc) is 2.27. The van der Waals surface area contributed by atoms with Crippen LogP contribution in [0.4, 0.5) is 0 Å². The van der Waals surface area contributed by atoms with Crippen molar-refractivity contribution in [2.24, 2.45) is 11.8 Å². The van der Waals surface area contributed by atoms with Crippen LogP contribution >= 0.6 is 25.3 Å². The van der Waals surface area contributed by atoms with Gasteiger partial charge < -0.3 is 4.90 Å². The zero-order valence-corrected chi connectivity index (χ0v) is 12.1. The topological polar surface area (TPSA) is 20.3 Å². The summed E-state index contributed by atoms with van der Waals surface area (Å²) in [7, 11) is 1.77. The minimum Gasteiger partial charge on any atom is -0.345 e. The number of allylic oxidation sites excluding steroid dienone is 1. The van der Waals surface area contributed by atoms with Crippen LogP contribution in [0.1, 0.15) is 26.7 Å². The lowest BCUT2D eigenvalue weighted by Crippen LogP contribution is -2.18. The van der Waals surface area contributed by atoms with Crippen LogP contribution in [0.25, 0.3) is 0 Å². The van der Waals surface area contributed by atoms with Crippen molar-refractivity contribution in [1.82, 2.24) is 4.90 Å². The molecular weight excluding hydrogens is 238 g/mol. The molecule has 0 bridgehead atoms. The molecule has 0 heterocycles. The van der Waals surface area contributed by atoms with E-state index in [0.29, 0.717) is 18.4 Å². The van der Waals surface area contributed by atoms with E-state index >= 15 is 0 Å². The highest BCUT2D eigenvalue weighted by molar-refractivity contribution is 7.99. The molecule has 0 spiro atoms. The Hall–Kier alpha value is -0.0900. The standard InChI is InChI=1S/C12H23NOS2/c1-4-10(2)11(12(15)16)7-5-6-8-13(3)9-14/h5-6,9-12,15-16H,4,7-8H2,1-3H3. The Kier molecular flexibility index (Phi) is 8.94. The Labute approximate surface area is 110 Å². The first-order chi connectivity index (χ1) is 7.52. The third-order valence-corrected chi connectivity index (χ3v) is 3.67. The van der Waals surface area contributed by atoms with Gasteiger partial charge in [-0.25, -0.2) is 0 Å². The van der Waals surface area contributed by atoms with Gasteiger partial charge in [0.1, 0.15) is 0 Å². The molecule has 0 radical (unpaired) electrons. The van der Waals surface area contributed by atoms with Gasteiger partial charge in [0, 0.05) is 18.2 Å². The Morgan fingerprint density at radius 1 is 1.31 bits per heavy atom. The Bertz CT molecular complexity index is 219. The summed E-state index contributed by atoms with van der Waals surface area (Å²) >= 11 is 8.82. The van der Waals surface area contributed by atoms with Crippen molar-refractivity contribution in [2.75, 3.05) is 13.6 Å². The van der Waals surface area contributed by atoms with E-state index in [4.69, 9.17) is 0 Å². The first-order valence-electron chi connectivity index (χ1n) is 5.69. The van der Waals surface area contributed by atoms with Crippen LogP contribution in [-0.4, -0.2) is 29.5 Å². The van der Waals surface area contributed by atoms with Gasteiger partial charge in [0.15, 0.2) is 0 Å². The first-order valence-corrected chi connectivity index (χ1v) is 6.72. The molecule has 4 heteroatoms. The molecule has 0 rings (SSSR count). The molecule has 2 nitrogen and oxygen atoms in total. The molecule has 2 unspecified atom stereocenters. The summed E-state index contributed by atoms with van der Waals surface area (Å²) in [5.41, 5.74) is 0. The number of hydrogen-bond acceptors (Lipinski definition) is 3. The summed E-state index contributed by atoms with van der Waals surface area (Å²) in [5.74, 6) is 1.10. The monoisotopic (exact) mass is 261 g/mol. The molecule has 0 saturated carbocycles. The van der Waals surface area contributed by atoms with Crippen LogP contribution in [-0.2, 0) is 4.79 Å².